The maximum Gasteiger partial charge on any atom is 0.323 e. The molecular weight excluding hydrogens is 308 g/mol. The molecule has 2 aromatic rings. The number of carbonyl (C=O) groups is 2. The van der Waals surface area contributed by atoms with Crippen molar-refractivity contribution in [3.05, 3.63) is 47.5 Å². The van der Waals surface area contributed by atoms with Crippen molar-refractivity contribution >= 4 is 17.6 Å². The lowest BCUT2D eigenvalue weighted by Gasteiger charge is -2.33. The molecule has 1 amide bonds. The Morgan fingerprint density at radius 3 is 2.79 bits per heavy atom. The molecule has 1 aromatic carbocycles. The standard InChI is InChI=1S/C17H20N4O3/c1-11(22)20-13-5-3-12(4-6-13)8-21-9-15-14(18-10-19-15)7-16(21)17(23)24-2/h3-6,10,16H,7-9H2,1-2H3,(H,18,19)(H,20,22). The predicted octanol–water partition coefficient (Wildman–Crippen LogP) is 1.47. The third-order valence-corrected chi connectivity index (χ3v) is 4.13. The van der Waals surface area contributed by atoms with E-state index in [1.54, 1.807) is 6.33 Å². The summed E-state index contributed by atoms with van der Waals surface area (Å²) in [4.78, 5) is 32.7. The minimum absolute atomic E-state index is 0.101. The lowest BCUT2D eigenvalue weighted by atomic mass is 10.0. The number of carbonyl (C=O) groups excluding carboxylic acids is 2. The summed E-state index contributed by atoms with van der Waals surface area (Å²) < 4.78 is 4.95. The molecular formula is C17H20N4O3. The zero-order chi connectivity index (χ0) is 17.1. The first-order valence-corrected chi connectivity index (χ1v) is 7.76. The van der Waals surface area contributed by atoms with Crippen LogP contribution in [0.5, 0.6) is 0 Å². The van der Waals surface area contributed by atoms with Crippen LogP contribution in [0.2, 0.25) is 0 Å². The van der Waals surface area contributed by atoms with E-state index in [1.165, 1.54) is 14.0 Å². The number of anilines is 1. The maximum atomic E-state index is 12.1. The van der Waals surface area contributed by atoms with Gasteiger partial charge in [0.25, 0.3) is 0 Å². The van der Waals surface area contributed by atoms with E-state index in [-0.39, 0.29) is 17.9 Å². The Balaban J connectivity index is 1.76. The van der Waals surface area contributed by atoms with Crippen LogP contribution in [0.4, 0.5) is 5.69 Å². The van der Waals surface area contributed by atoms with E-state index in [4.69, 9.17) is 4.74 Å². The summed E-state index contributed by atoms with van der Waals surface area (Å²) in [5.41, 5.74) is 3.76. The molecule has 2 N–H and O–H groups in total. The zero-order valence-electron chi connectivity index (χ0n) is 13.7. The fourth-order valence-electron chi connectivity index (χ4n) is 2.95. The summed E-state index contributed by atoms with van der Waals surface area (Å²) in [6, 6.07) is 7.26. The lowest BCUT2D eigenvalue weighted by molar-refractivity contribution is -0.148. The number of nitrogens with zero attached hydrogens (tertiary/aromatic N) is 2. The Morgan fingerprint density at radius 1 is 1.38 bits per heavy atom. The van der Waals surface area contributed by atoms with Gasteiger partial charge in [-0.15, -0.1) is 0 Å². The number of esters is 1. The Hall–Kier alpha value is -2.67. The molecule has 0 saturated carbocycles. The van der Waals surface area contributed by atoms with Gasteiger partial charge in [-0.1, -0.05) is 12.1 Å². The summed E-state index contributed by atoms with van der Waals surface area (Å²) in [7, 11) is 1.41. The summed E-state index contributed by atoms with van der Waals surface area (Å²) in [6.45, 7) is 2.70. The van der Waals surface area contributed by atoms with E-state index < -0.39 is 0 Å². The number of ether oxygens (including phenoxy) is 1. The third-order valence-electron chi connectivity index (χ3n) is 4.13. The van der Waals surface area contributed by atoms with E-state index in [0.29, 0.717) is 19.5 Å². The Morgan fingerprint density at radius 2 is 2.12 bits per heavy atom. The summed E-state index contributed by atoms with van der Waals surface area (Å²) in [5, 5.41) is 2.74. The van der Waals surface area contributed by atoms with Gasteiger partial charge < -0.3 is 15.0 Å². The van der Waals surface area contributed by atoms with Crippen molar-refractivity contribution in [2.24, 2.45) is 0 Å². The van der Waals surface area contributed by atoms with Crippen molar-refractivity contribution in [1.29, 1.82) is 0 Å². The van der Waals surface area contributed by atoms with Crippen LogP contribution in [-0.4, -0.2) is 39.9 Å². The Bertz CT molecular complexity index is 739. The molecule has 0 radical (unpaired) electrons. The first-order chi connectivity index (χ1) is 11.6. The number of rotatable bonds is 4. The van der Waals surface area contributed by atoms with Crippen LogP contribution in [0.25, 0.3) is 0 Å². The predicted molar refractivity (Wildman–Crippen MR) is 88.1 cm³/mol. The minimum Gasteiger partial charge on any atom is -0.468 e. The minimum atomic E-state index is -0.346. The van der Waals surface area contributed by atoms with Gasteiger partial charge in [-0.3, -0.25) is 14.5 Å². The van der Waals surface area contributed by atoms with Crippen molar-refractivity contribution < 1.29 is 14.3 Å². The molecule has 0 bridgehead atoms. The summed E-state index contributed by atoms with van der Waals surface area (Å²) in [6.07, 6.45) is 2.19. The Kier molecular flexibility index (Phi) is 4.61. The largest absolute Gasteiger partial charge is 0.468 e. The van der Waals surface area contributed by atoms with E-state index in [2.05, 4.69) is 20.2 Å². The van der Waals surface area contributed by atoms with Crippen LogP contribution in [0.3, 0.4) is 0 Å². The normalized spacial score (nSPS) is 17.2. The van der Waals surface area contributed by atoms with Gasteiger partial charge in [-0.05, 0) is 17.7 Å². The smallest absolute Gasteiger partial charge is 0.323 e. The van der Waals surface area contributed by atoms with Gasteiger partial charge >= 0.3 is 5.97 Å². The average molecular weight is 328 g/mol. The summed E-state index contributed by atoms with van der Waals surface area (Å²) in [5.74, 6) is -0.352. The van der Waals surface area contributed by atoms with Gasteiger partial charge in [0.15, 0.2) is 0 Å². The Labute approximate surface area is 140 Å². The maximum absolute atomic E-state index is 12.1. The average Bonchev–Trinajstić information content (AvgIpc) is 3.02. The SMILES string of the molecule is COC(=O)C1Cc2nc[nH]c2CN1Cc1ccc(NC(C)=O)cc1. The summed E-state index contributed by atoms with van der Waals surface area (Å²) >= 11 is 0. The highest BCUT2D eigenvalue weighted by molar-refractivity contribution is 5.88. The van der Waals surface area contributed by atoms with Crippen molar-refractivity contribution in [2.75, 3.05) is 12.4 Å². The molecule has 0 aliphatic carbocycles. The molecule has 1 aliphatic rings. The highest BCUT2D eigenvalue weighted by Crippen LogP contribution is 2.24. The molecule has 0 saturated heterocycles. The second kappa shape index (κ2) is 6.84. The van der Waals surface area contributed by atoms with Crippen LogP contribution in [0.1, 0.15) is 23.9 Å². The second-order valence-electron chi connectivity index (χ2n) is 5.85. The number of H-pyrrole nitrogens is 1. The van der Waals surface area contributed by atoms with Gasteiger partial charge in [-0.25, -0.2) is 4.98 Å². The molecule has 2 heterocycles. The fraction of sp³-hybridized carbons (Fsp3) is 0.353. The van der Waals surface area contributed by atoms with Crippen molar-refractivity contribution in [3.63, 3.8) is 0 Å². The van der Waals surface area contributed by atoms with Crippen molar-refractivity contribution in [1.82, 2.24) is 14.9 Å². The third kappa shape index (κ3) is 3.46. The molecule has 1 atom stereocenters. The molecule has 24 heavy (non-hydrogen) atoms. The van der Waals surface area contributed by atoms with E-state index in [1.807, 2.05) is 24.3 Å². The van der Waals surface area contributed by atoms with Crippen LogP contribution in [0, 0.1) is 0 Å². The van der Waals surface area contributed by atoms with Crippen molar-refractivity contribution in [2.45, 2.75) is 32.5 Å². The number of aromatic nitrogens is 2. The molecule has 7 nitrogen and oxygen atoms in total. The van der Waals surface area contributed by atoms with Crippen LogP contribution < -0.4 is 5.32 Å². The molecule has 3 rings (SSSR count). The highest BCUT2D eigenvalue weighted by atomic mass is 16.5. The molecule has 1 aromatic heterocycles. The van der Waals surface area contributed by atoms with E-state index >= 15 is 0 Å². The zero-order valence-corrected chi connectivity index (χ0v) is 13.7. The quantitative estimate of drug-likeness (QED) is 0.830. The van der Waals surface area contributed by atoms with Crippen LogP contribution in [-0.2, 0) is 33.8 Å². The first-order valence-electron chi connectivity index (χ1n) is 7.76. The lowest BCUT2D eigenvalue weighted by Crippen LogP contribution is -2.45. The molecule has 0 spiro atoms. The molecule has 0 fully saturated rings. The van der Waals surface area contributed by atoms with Crippen LogP contribution >= 0.6 is 0 Å². The van der Waals surface area contributed by atoms with Gasteiger partial charge in [0.2, 0.25) is 5.91 Å². The van der Waals surface area contributed by atoms with E-state index in [9.17, 15) is 9.59 Å². The number of methoxy groups -OCH3 is 1. The fourth-order valence-corrected chi connectivity index (χ4v) is 2.95. The molecule has 7 heteroatoms. The number of fused-ring (bicyclic) bond motifs is 1. The topological polar surface area (TPSA) is 87.3 Å². The van der Waals surface area contributed by atoms with E-state index in [0.717, 1.165) is 22.6 Å². The van der Waals surface area contributed by atoms with Crippen LogP contribution in [0.15, 0.2) is 30.6 Å². The second-order valence-corrected chi connectivity index (χ2v) is 5.85. The number of aromatic amines is 1. The highest BCUT2D eigenvalue weighted by Gasteiger charge is 2.33. The molecule has 126 valence electrons. The first kappa shape index (κ1) is 16.2. The number of benzene rings is 1. The van der Waals surface area contributed by atoms with Gasteiger partial charge in [0.05, 0.1) is 24.8 Å². The van der Waals surface area contributed by atoms with Gasteiger partial charge in [0.1, 0.15) is 6.04 Å². The number of hydrogen-bond donors (Lipinski definition) is 2. The van der Waals surface area contributed by atoms with Crippen molar-refractivity contribution in [3.8, 4) is 0 Å². The molecule has 1 unspecified atom stereocenters. The number of imidazole rings is 1. The van der Waals surface area contributed by atoms with Gasteiger partial charge in [0, 0.05) is 32.1 Å². The number of nitrogens with one attached hydrogen (secondary N) is 2. The monoisotopic (exact) mass is 328 g/mol. The molecule has 1 aliphatic heterocycles. The number of hydrogen-bond acceptors (Lipinski definition) is 5. The van der Waals surface area contributed by atoms with Gasteiger partial charge in [-0.2, -0.15) is 0 Å². The number of amides is 1.